The highest BCUT2D eigenvalue weighted by molar-refractivity contribution is 5.94. The Morgan fingerprint density at radius 3 is 2.87 bits per heavy atom. The summed E-state index contributed by atoms with van der Waals surface area (Å²) in [4.78, 5) is 16.7. The van der Waals surface area contributed by atoms with Crippen LogP contribution < -0.4 is 5.32 Å². The van der Waals surface area contributed by atoms with Crippen LogP contribution in [0.15, 0.2) is 4.42 Å². The minimum Gasteiger partial charge on any atom is -0.446 e. The van der Waals surface area contributed by atoms with Crippen molar-refractivity contribution in [3.05, 3.63) is 34.3 Å². The maximum absolute atomic E-state index is 12.4. The summed E-state index contributed by atoms with van der Waals surface area (Å²) in [5, 5.41) is 10.0. The molecule has 0 fully saturated rings. The van der Waals surface area contributed by atoms with Crippen molar-refractivity contribution in [2.75, 3.05) is 6.54 Å². The second-order valence-electron chi connectivity index (χ2n) is 6.00. The van der Waals surface area contributed by atoms with E-state index in [2.05, 4.69) is 20.5 Å². The van der Waals surface area contributed by atoms with Crippen LogP contribution >= 0.6 is 0 Å². The molecule has 1 aliphatic rings. The zero-order valence-corrected chi connectivity index (χ0v) is 13.9. The van der Waals surface area contributed by atoms with E-state index in [9.17, 15) is 4.79 Å². The standard InChI is InChI=1S/C16H22N4O3/c1-8-7-12-14(10(3)22-8)19-20-15(12)16(21)17-6-5-13-9(2)23-11(4)18-13/h8,10H,5-7H2,1-4H3,(H,17,21)(H,19,20)/t8-,10+/m1/s1. The first-order valence-electron chi connectivity index (χ1n) is 7.89. The van der Waals surface area contributed by atoms with Crippen molar-refractivity contribution in [2.45, 2.75) is 52.7 Å². The number of ether oxygens (including phenoxy) is 1. The molecule has 7 nitrogen and oxygen atoms in total. The highest BCUT2D eigenvalue weighted by Gasteiger charge is 2.29. The van der Waals surface area contributed by atoms with Crippen molar-refractivity contribution in [1.82, 2.24) is 20.5 Å². The first-order valence-corrected chi connectivity index (χ1v) is 7.89. The predicted octanol–water partition coefficient (Wildman–Crippen LogP) is 2.01. The van der Waals surface area contributed by atoms with Gasteiger partial charge in [-0.3, -0.25) is 9.89 Å². The fourth-order valence-corrected chi connectivity index (χ4v) is 3.04. The Morgan fingerprint density at radius 2 is 2.17 bits per heavy atom. The average Bonchev–Trinajstić information content (AvgIpc) is 3.02. The van der Waals surface area contributed by atoms with Gasteiger partial charge in [0.1, 0.15) is 5.76 Å². The summed E-state index contributed by atoms with van der Waals surface area (Å²) in [6.45, 7) is 8.16. The summed E-state index contributed by atoms with van der Waals surface area (Å²) in [5.41, 5.74) is 3.20. The van der Waals surface area contributed by atoms with Gasteiger partial charge in [-0.05, 0) is 20.8 Å². The molecule has 2 N–H and O–H groups in total. The minimum atomic E-state index is -0.165. The molecular formula is C16H22N4O3. The maximum Gasteiger partial charge on any atom is 0.272 e. The number of hydrogen-bond donors (Lipinski definition) is 2. The van der Waals surface area contributed by atoms with Gasteiger partial charge in [0.05, 0.1) is 23.6 Å². The summed E-state index contributed by atoms with van der Waals surface area (Å²) >= 11 is 0. The molecule has 0 spiro atoms. The van der Waals surface area contributed by atoms with E-state index in [0.29, 0.717) is 31.0 Å². The predicted molar refractivity (Wildman–Crippen MR) is 83.3 cm³/mol. The molecule has 0 unspecified atom stereocenters. The zero-order valence-electron chi connectivity index (χ0n) is 13.9. The highest BCUT2D eigenvalue weighted by atomic mass is 16.5. The third kappa shape index (κ3) is 3.14. The molecule has 2 atom stereocenters. The molecule has 0 aromatic carbocycles. The van der Waals surface area contributed by atoms with Crippen molar-refractivity contribution >= 4 is 5.91 Å². The van der Waals surface area contributed by atoms with Crippen LogP contribution in [0, 0.1) is 13.8 Å². The van der Waals surface area contributed by atoms with Gasteiger partial charge in [-0.25, -0.2) is 4.98 Å². The largest absolute Gasteiger partial charge is 0.446 e. The summed E-state index contributed by atoms with van der Waals surface area (Å²) < 4.78 is 11.1. The second-order valence-corrected chi connectivity index (χ2v) is 6.00. The van der Waals surface area contributed by atoms with Crippen LogP contribution in [-0.2, 0) is 17.6 Å². The van der Waals surface area contributed by atoms with Crippen LogP contribution in [0.3, 0.4) is 0 Å². The summed E-state index contributed by atoms with van der Waals surface area (Å²) in [5.74, 6) is 1.28. The number of aryl methyl sites for hydroxylation is 2. The van der Waals surface area contributed by atoms with Crippen LogP contribution in [0.4, 0.5) is 0 Å². The van der Waals surface area contributed by atoms with Gasteiger partial charge in [0, 0.05) is 31.9 Å². The van der Waals surface area contributed by atoms with Gasteiger partial charge in [-0.2, -0.15) is 5.10 Å². The monoisotopic (exact) mass is 318 g/mol. The lowest BCUT2D eigenvalue weighted by Gasteiger charge is -2.25. The Labute approximate surface area is 134 Å². The molecule has 0 bridgehead atoms. The number of aromatic nitrogens is 3. The van der Waals surface area contributed by atoms with Gasteiger partial charge in [0.15, 0.2) is 11.6 Å². The number of fused-ring (bicyclic) bond motifs is 1. The molecule has 2 aromatic heterocycles. The van der Waals surface area contributed by atoms with Crippen LogP contribution in [0.2, 0.25) is 0 Å². The number of hydrogen-bond acceptors (Lipinski definition) is 5. The molecule has 0 saturated heterocycles. The van der Waals surface area contributed by atoms with Crippen LogP contribution in [0.5, 0.6) is 0 Å². The first kappa shape index (κ1) is 15.7. The molecule has 124 valence electrons. The smallest absolute Gasteiger partial charge is 0.272 e. The van der Waals surface area contributed by atoms with E-state index in [1.54, 1.807) is 0 Å². The number of amides is 1. The summed E-state index contributed by atoms with van der Waals surface area (Å²) in [7, 11) is 0. The van der Waals surface area contributed by atoms with E-state index in [4.69, 9.17) is 9.15 Å². The Morgan fingerprint density at radius 1 is 1.39 bits per heavy atom. The van der Waals surface area contributed by atoms with E-state index in [-0.39, 0.29) is 18.1 Å². The maximum atomic E-state index is 12.4. The molecule has 3 heterocycles. The lowest BCUT2D eigenvalue weighted by atomic mass is 9.99. The molecule has 1 amide bonds. The van der Waals surface area contributed by atoms with E-state index < -0.39 is 0 Å². The molecule has 3 rings (SSSR count). The van der Waals surface area contributed by atoms with Gasteiger partial charge in [-0.15, -0.1) is 0 Å². The second kappa shape index (κ2) is 6.16. The normalized spacial score (nSPS) is 20.3. The van der Waals surface area contributed by atoms with Gasteiger partial charge in [-0.1, -0.05) is 0 Å². The lowest BCUT2D eigenvalue weighted by molar-refractivity contribution is -0.00697. The van der Waals surface area contributed by atoms with Crippen molar-refractivity contribution in [2.24, 2.45) is 0 Å². The third-order valence-electron chi connectivity index (χ3n) is 4.10. The minimum absolute atomic E-state index is 0.0662. The van der Waals surface area contributed by atoms with Crippen molar-refractivity contribution in [1.29, 1.82) is 0 Å². The molecule has 1 aliphatic heterocycles. The third-order valence-corrected chi connectivity index (χ3v) is 4.10. The molecule has 7 heteroatoms. The average molecular weight is 318 g/mol. The van der Waals surface area contributed by atoms with Crippen molar-refractivity contribution in [3.63, 3.8) is 0 Å². The Hall–Kier alpha value is -2.15. The fourth-order valence-electron chi connectivity index (χ4n) is 3.04. The number of nitrogens with one attached hydrogen (secondary N) is 2. The fraction of sp³-hybridized carbons (Fsp3) is 0.562. The number of H-pyrrole nitrogens is 1. The summed E-state index contributed by atoms with van der Waals surface area (Å²) in [6, 6.07) is 0. The molecule has 0 saturated carbocycles. The molecular weight excluding hydrogens is 296 g/mol. The first-order chi connectivity index (χ1) is 11.0. The Bertz CT molecular complexity index is 719. The van der Waals surface area contributed by atoms with E-state index in [1.165, 1.54) is 0 Å². The van der Waals surface area contributed by atoms with Gasteiger partial charge in [0.25, 0.3) is 5.91 Å². The SMILES string of the molecule is Cc1nc(CCNC(=O)c2n[nH]c3c2C[C@@H](C)O[C@H]3C)c(C)o1. The Kier molecular flexibility index (Phi) is 4.21. The van der Waals surface area contributed by atoms with Gasteiger partial charge in [0.2, 0.25) is 0 Å². The zero-order chi connectivity index (χ0) is 16.6. The van der Waals surface area contributed by atoms with Gasteiger partial charge >= 0.3 is 0 Å². The van der Waals surface area contributed by atoms with Gasteiger partial charge < -0.3 is 14.5 Å². The topological polar surface area (TPSA) is 93.0 Å². The summed E-state index contributed by atoms with van der Waals surface area (Å²) in [6.07, 6.45) is 1.35. The number of carbonyl (C=O) groups is 1. The number of nitrogens with zero attached hydrogens (tertiary/aromatic N) is 2. The van der Waals surface area contributed by atoms with Crippen LogP contribution in [0.25, 0.3) is 0 Å². The van der Waals surface area contributed by atoms with E-state index in [0.717, 1.165) is 22.7 Å². The Balaban J connectivity index is 1.64. The van der Waals surface area contributed by atoms with E-state index in [1.807, 2.05) is 27.7 Å². The quantitative estimate of drug-likeness (QED) is 0.899. The van der Waals surface area contributed by atoms with Crippen molar-refractivity contribution < 1.29 is 13.9 Å². The van der Waals surface area contributed by atoms with Crippen molar-refractivity contribution in [3.8, 4) is 0 Å². The van der Waals surface area contributed by atoms with E-state index >= 15 is 0 Å². The molecule has 0 radical (unpaired) electrons. The number of rotatable bonds is 4. The molecule has 2 aromatic rings. The highest BCUT2D eigenvalue weighted by Crippen LogP contribution is 2.29. The number of oxazole rings is 1. The number of aromatic amines is 1. The number of carbonyl (C=O) groups excluding carboxylic acids is 1. The molecule has 23 heavy (non-hydrogen) atoms. The van der Waals surface area contributed by atoms with Crippen LogP contribution in [-0.4, -0.2) is 33.7 Å². The molecule has 0 aliphatic carbocycles. The lowest BCUT2D eigenvalue weighted by Crippen LogP contribution is -2.29. The van der Waals surface area contributed by atoms with Crippen LogP contribution in [0.1, 0.15) is 59.0 Å².